The molecule has 0 saturated carbocycles. The maximum atomic E-state index is 13.2. The molecule has 1 aliphatic rings. The molecule has 0 atom stereocenters. The van der Waals surface area contributed by atoms with Crippen molar-refractivity contribution in [3.63, 3.8) is 0 Å². The molecular weight excluding hydrogens is 320 g/mol. The number of nitrogens with zero attached hydrogens (tertiary/aromatic N) is 2. The molecule has 0 N–H and O–H groups in total. The van der Waals surface area contributed by atoms with E-state index < -0.39 is 0 Å². The minimum absolute atomic E-state index is 0.0335. The minimum Gasteiger partial charge on any atom is -0.349 e. The van der Waals surface area contributed by atoms with E-state index in [1.165, 1.54) is 11.1 Å². The van der Waals surface area contributed by atoms with Crippen LogP contribution in [0.4, 0.5) is 5.69 Å². The van der Waals surface area contributed by atoms with Gasteiger partial charge in [0, 0.05) is 18.7 Å². The standard InChI is InChI=1S/C23H20N2O/c26-22(19-10-3-1-4-11-19)23(24-21-13-5-2-6-14-21)25-16-15-18-9-7-8-12-20(18)17-25/h1-14H,15-17H2. The maximum absolute atomic E-state index is 13.2. The second-order valence-electron chi connectivity index (χ2n) is 6.41. The predicted octanol–water partition coefficient (Wildman–Crippen LogP) is 4.66. The van der Waals surface area contributed by atoms with Gasteiger partial charge in [-0.05, 0) is 29.7 Å². The Kier molecular flexibility index (Phi) is 4.61. The monoisotopic (exact) mass is 340 g/mol. The van der Waals surface area contributed by atoms with Crippen LogP contribution in [0.1, 0.15) is 21.5 Å². The fourth-order valence-corrected chi connectivity index (χ4v) is 3.29. The lowest BCUT2D eigenvalue weighted by Gasteiger charge is -2.31. The number of benzene rings is 3. The molecule has 0 unspecified atom stereocenters. The Morgan fingerprint density at radius 2 is 1.38 bits per heavy atom. The van der Waals surface area contributed by atoms with Crippen molar-refractivity contribution >= 4 is 17.3 Å². The highest BCUT2D eigenvalue weighted by molar-refractivity contribution is 6.45. The van der Waals surface area contributed by atoms with E-state index in [9.17, 15) is 4.79 Å². The number of Topliss-reactive ketones (excluding diaryl/α,β-unsaturated/α-hetero) is 1. The molecule has 4 rings (SSSR count). The van der Waals surface area contributed by atoms with Gasteiger partial charge in [0.05, 0.1) is 5.69 Å². The summed E-state index contributed by atoms with van der Waals surface area (Å²) in [6.07, 6.45) is 0.923. The molecule has 3 aromatic rings. The lowest BCUT2D eigenvalue weighted by Crippen LogP contribution is -2.40. The molecule has 0 bridgehead atoms. The molecule has 3 heteroatoms. The van der Waals surface area contributed by atoms with E-state index in [2.05, 4.69) is 29.2 Å². The van der Waals surface area contributed by atoms with E-state index in [1.807, 2.05) is 60.7 Å². The first-order valence-electron chi connectivity index (χ1n) is 8.86. The van der Waals surface area contributed by atoms with Gasteiger partial charge < -0.3 is 4.90 Å². The van der Waals surface area contributed by atoms with Gasteiger partial charge in [0.1, 0.15) is 0 Å². The van der Waals surface area contributed by atoms with Crippen LogP contribution in [0, 0.1) is 0 Å². The molecule has 0 saturated heterocycles. The molecule has 1 aliphatic heterocycles. The van der Waals surface area contributed by atoms with Crippen molar-refractivity contribution in [3.05, 3.63) is 102 Å². The number of fused-ring (bicyclic) bond motifs is 1. The molecule has 128 valence electrons. The SMILES string of the molecule is O=C(C(=Nc1ccccc1)N1CCc2ccccc2C1)c1ccccc1. The Labute approximate surface area is 153 Å². The average molecular weight is 340 g/mol. The van der Waals surface area contributed by atoms with Crippen molar-refractivity contribution in [2.24, 2.45) is 4.99 Å². The number of hydrogen-bond acceptors (Lipinski definition) is 2. The number of para-hydroxylation sites is 1. The summed E-state index contributed by atoms with van der Waals surface area (Å²) >= 11 is 0. The fourth-order valence-electron chi connectivity index (χ4n) is 3.29. The summed E-state index contributed by atoms with van der Waals surface area (Å²) in [6.45, 7) is 1.50. The predicted molar refractivity (Wildman–Crippen MR) is 105 cm³/mol. The highest BCUT2D eigenvalue weighted by Gasteiger charge is 2.25. The average Bonchev–Trinajstić information content (AvgIpc) is 2.72. The van der Waals surface area contributed by atoms with Crippen LogP contribution in [0.2, 0.25) is 0 Å². The number of hydrogen-bond donors (Lipinski definition) is 0. The zero-order valence-corrected chi connectivity index (χ0v) is 14.5. The van der Waals surface area contributed by atoms with Crippen LogP contribution < -0.4 is 0 Å². The number of amidine groups is 1. The third kappa shape index (κ3) is 3.42. The van der Waals surface area contributed by atoms with Crippen LogP contribution in [0.5, 0.6) is 0 Å². The summed E-state index contributed by atoms with van der Waals surface area (Å²) in [5.41, 5.74) is 4.09. The normalized spacial score (nSPS) is 14.0. The third-order valence-corrected chi connectivity index (χ3v) is 4.66. The topological polar surface area (TPSA) is 32.7 Å². The first kappa shape index (κ1) is 16.3. The van der Waals surface area contributed by atoms with Crippen LogP contribution in [0.15, 0.2) is 89.9 Å². The van der Waals surface area contributed by atoms with Crippen molar-refractivity contribution in [2.45, 2.75) is 13.0 Å². The number of carbonyl (C=O) groups is 1. The molecule has 0 aromatic heterocycles. The van der Waals surface area contributed by atoms with E-state index in [4.69, 9.17) is 4.99 Å². The maximum Gasteiger partial charge on any atom is 0.228 e. The van der Waals surface area contributed by atoms with Gasteiger partial charge in [-0.2, -0.15) is 0 Å². The van der Waals surface area contributed by atoms with Gasteiger partial charge in [0.25, 0.3) is 0 Å². The van der Waals surface area contributed by atoms with Gasteiger partial charge in [0.15, 0.2) is 5.84 Å². The number of aliphatic imine (C=N–C) groups is 1. The highest BCUT2D eigenvalue weighted by atomic mass is 16.1. The summed E-state index contributed by atoms with van der Waals surface area (Å²) in [6, 6.07) is 27.5. The van der Waals surface area contributed by atoms with Crippen LogP contribution in [0.3, 0.4) is 0 Å². The van der Waals surface area contributed by atoms with Gasteiger partial charge in [-0.3, -0.25) is 4.79 Å². The van der Waals surface area contributed by atoms with Gasteiger partial charge in [0.2, 0.25) is 5.78 Å². The Morgan fingerprint density at radius 3 is 2.12 bits per heavy atom. The first-order valence-corrected chi connectivity index (χ1v) is 8.86. The zero-order valence-electron chi connectivity index (χ0n) is 14.5. The van der Waals surface area contributed by atoms with Crippen molar-refractivity contribution in [2.75, 3.05) is 6.54 Å². The molecule has 0 amide bonds. The summed E-state index contributed by atoms with van der Waals surface area (Å²) in [7, 11) is 0. The summed E-state index contributed by atoms with van der Waals surface area (Å²) in [5.74, 6) is 0.478. The van der Waals surface area contributed by atoms with Crippen LogP contribution in [-0.2, 0) is 13.0 Å². The Morgan fingerprint density at radius 1 is 0.769 bits per heavy atom. The Bertz CT molecular complexity index is 933. The van der Waals surface area contributed by atoms with Gasteiger partial charge in [-0.15, -0.1) is 0 Å². The van der Waals surface area contributed by atoms with E-state index in [0.717, 1.165) is 18.7 Å². The number of rotatable bonds is 3. The van der Waals surface area contributed by atoms with E-state index >= 15 is 0 Å². The summed E-state index contributed by atoms with van der Waals surface area (Å²) in [4.78, 5) is 20.0. The molecule has 26 heavy (non-hydrogen) atoms. The largest absolute Gasteiger partial charge is 0.349 e. The highest BCUT2D eigenvalue weighted by Crippen LogP contribution is 2.22. The second kappa shape index (κ2) is 7.36. The Hall–Kier alpha value is -3.20. The minimum atomic E-state index is -0.0335. The van der Waals surface area contributed by atoms with Crippen molar-refractivity contribution in [3.8, 4) is 0 Å². The molecule has 0 spiro atoms. The van der Waals surface area contributed by atoms with Gasteiger partial charge >= 0.3 is 0 Å². The van der Waals surface area contributed by atoms with E-state index in [-0.39, 0.29) is 5.78 Å². The van der Waals surface area contributed by atoms with Gasteiger partial charge in [-0.1, -0.05) is 72.8 Å². The zero-order chi connectivity index (χ0) is 17.8. The molecule has 0 fully saturated rings. The van der Waals surface area contributed by atoms with Crippen molar-refractivity contribution in [1.29, 1.82) is 0 Å². The first-order chi connectivity index (χ1) is 12.8. The molecule has 0 aliphatic carbocycles. The molecular formula is C23H20N2O. The summed E-state index contributed by atoms with van der Waals surface area (Å²) in [5, 5.41) is 0. The third-order valence-electron chi connectivity index (χ3n) is 4.66. The van der Waals surface area contributed by atoms with Crippen molar-refractivity contribution in [1.82, 2.24) is 4.90 Å². The van der Waals surface area contributed by atoms with E-state index in [0.29, 0.717) is 17.9 Å². The van der Waals surface area contributed by atoms with Crippen LogP contribution in [-0.4, -0.2) is 23.1 Å². The lowest BCUT2D eigenvalue weighted by atomic mass is 9.99. The number of carbonyl (C=O) groups excluding carboxylic acids is 1. The lowest BCUT2D eigenvalue weighted by molar-refractivity contribution is 0.104. The van der Waals surface area contributed by atoms with Crippen LogP contribution in [0.25, 0.3) is 0 Å². The van der Waals surface area contributed by atoms with Crippen LogP contribution >= 0.6 is 0 Å². The molecule has 3 aromatic carbocycles. The quantitative estimate of drug-likeness (QED) is 0.395. The van der Waals surface area contributed by atoms with E-state index in [1.54, 1.807) is 0 Å². The second-order valence-corrected chi connectivity index (χ2v) is 6.41. The fraction of sp³-hybridized carbons (Fsp3) is 0.130. The van der Waals surface area contributed by atoms with Gasteiger partial charge in [-0.25, -0.2) is 4.99 Å². The molecule has 3 nitrogen and oxygen atoms in total. The Balaban J connectivity index is 1.72. The summed E-state index contributed by atoms with van der Waals surface area (Å²) < 4.78 is 0. The number of ketones is 1. The molecule has 1 heterocycles. The molecule has 0 radical (unpaired) electrons. The van der Waals surface area contributed by atoms with Crippen molar-refractivity contribution < 1.29 is 4.79 Å². The smallest absolute Gasteiger partial charge is 0.228 e.